The van der Waals surface area contributed by atoms with Gasteiger partial charge >= 0.3 is 123 Å². The van der Waals surface area contributed by atoms with Crippen molar-refractivity contribution in [2.24, 2.45) is 0 Å². The zero-order chi connectivity index (χ0) is 15.1. The molecule has 6 nitrogen and oxygen atoms in total. The molecule has 7 heteroatoms. The average molecular weight is 347 g/mol. The molecule has 0 N–H and O–H groups in total. The van der Waals surface area contributed by atoms with Crippen LogP contribution < -0.4 is 14.2 Å². The predicted octanol–water partition coefficient (Wildman–Crippen LogP) is 1.15. The van der Waals surface area contributed by atoms with Crippen LogP contribution in [0.5, 0.6) is 17.2 Å². The van der Waals surface area contributed by atoms with Gasteiger partial charge in [0.25, 0.3) is 0 Å². The summed E-state index contributed by atoms with van der Waals surface area (Å²) < 4.78 is 19.9. The van der Waals surface area contributed by atoms with E-state index in [9.17, 15) is 9.59 Å². The van der Waals surface area contributed by atoms with Crippen molar-refractivity contribution < 1.29 is 28.5 Å². The van der Waals surface area contributed by atoms with E-state index in [0.717, 1.165) is 0 Å². The summed E-state index contributed by atoms with van der Waals surface area (Å²) in [6.07, 6.45) is 0. The Hall–Kier alpha value is -1.72. The molecule has 0 heterocycles. The third-order valence-corrected chi connectivity index (χ3v) is 4.29. The number of methoxy groups -OCH3 is 4. The van der Waals surface area contributed by atoms with Crippen LogP contribution in [0.15, 0.2) is 12.1 Å². The van der Waals surface area contributed by atoms with Gasteiger partial charge in [0.05, 0.1) is 0 Å². The van der Waals surface area contributed by atoms with Crippen molar-refractivity contribution in [3.8, 4) is 17.2 Å². The Kier molecular flexibility index (Phi) is 6.34. The van der Waals surface area contributed by atoms with Gasteiger partial charge < -0.3 is 0 Å². The van der Waals surface area contributed by atoms with Gasteiger partial charge in [0.15, 0.2) is 0 Å². The van der Waals surface area contributed by atoms with Gasteiger partial charge in [0, 0.05) is 0 Å². The zero-order valence-electron chi connectivity index (χ0n) is 11.7. The maximum atomic E-state index is 12.1. The fourth-order valence-electron chi connectivity index (χ4n) is 1.47. The molecule has 1 aromatic rings. The van der Waals surface area contributed by atoms with E-state index < -0.39 is 20.9 Å². The normalized spacial score (nSPS) is 9.80. The second-order valence-corrected chi connectivity index (χ2v) is 5.56. The Bertz CT molecular complexity index is 475. The van der Waals surface area contributed by atoms with Gasteiger partial charge in [-0.25, -0.2) is 0 Å². The Morgan fingerprint density at radius 2 is 1.55 bits per heavy atom. The fraction of sp³-hybridized carbons (Fsp3) is 0.385. The van der Waals surface area contributed by atoms with Gasteiger partial charge in [-0.3, -0.25) is 0 Å². The van der Waals surface area contributed by atoms with Crippen LogP contribution in [0.3, 0.4) is 0 Å². The van der Waals surface area contributed by atoms with Gasteiger partial charge in [0.2, 0.25) is 0 Å². The first-order valence-electron chi connectivity index (χ1n) is 5.61. The summed E-state index contributed by atoms with van der Waals surface area (Å²) >= 11 is -0.530. The van der Waals surface area contributed by atoms with Crippen LogP contribution in [0.1, 0.15) is 10.4 Å². The van der Waals surface area contributed by atoms with Crippen molar-refractivity contribution >= 4 is 25.6 Å². The van der Waals surface area contributed by atoms with E-state index in [-0.39, 0.29) is 10.0 Å². The Labute approximate surface area is 123 Å². The molecule has 20 heavy (non-hydrogen) atoms. The topological polar surface area (TPSA) is 71.1 Å². The number of benzene rings is 1. The van der Waals surface area contributed by atoms with E-state index in [1.807, 2.05) is 0 Å². The van der Waals surface area contributed by atoms with Gasteiger partial charge in [-0.1, -0.05) is 0 Å². The third-order valence-electron chi connectivity index (χ3n) is 2.45. The fourth-order valence-corrected chi connectivity index (χ4v) is 2.83. The average Bonchev–Trinajstić information content (AvgIpc) is 2.50. The molecule has 0 amide bonds. The number of hydrogen-bond acceptors (Lipinski definition) is 6. The molecule has 0 spiro atoms. The van der Waals surface area contributed by atoms with Crippen LogP contribution in [0.2, 0.25) is 5.32 Å². The number of carbonyl (C=O) groups excluding carboxylic acids is 2. The van der Waals surface area contributed by atoms with Crippen LogP contribution in [0.4, 0.5) is 0 Å². The van der Waals surface area contributed by atoms with Gasteiger partial charge in [-0.2, -0.15) is 0 Å². The summed E-state index contributed by atoms with van der Waals surface area (Å²) in [5.74, 6) is 0.839. The van der Waals surface area contributed by atoms with Gasteiger partial charge in [0.1, 0.15) is 0 Å². The van der Waals surface area contributed by atoms with Gasteiger partial charge in [-0.05, 0) is 0 Å². The van der Waals surface area contributed by atoms with E-state index in [1.165, 1.54) is 28.4 Å². The summed E-state index contributed by atoms with van der Waals surface area (Å²) in [6, 6.07) is 3.14. The quantitative estimate of drug-likeness (QED) is 0.544. The Morgan fingerprint density at radius 3 is 1.95 bits per heavy atom. The van der Waals surface area contributed by atoms with E-state index in [4.69, 9.17) is 14.2 Å². The maximum absolute atomic E-state index is 12.1. The molecule has 0 saturated heterocycles. The molecule has 0 atom stereocenters. The van der Waals surface area contributed by atoms with E-state index in [1.54, 1.807) is 12.1 Å². The molecule has 0 unspecified atom stereocenters. The Morgan fingerprint density at radius 1 is 1.00 bits per heavy atom. The molecule has 0 aromatic heterocycles. The summed E-state index contributed by atoms with van der Waals surface area (Å²) in [6.45, 7) is 0. The molecule has 0 aliphatic heterocycles. The molecule has 0 radical (unpaired) electrons. The number of ether oxygens (including phenoxy) is 4. The molecular weight excluding hydrogens is 331 g/mol. The second-order valence-electron chi connectivity index (χ2n) is 3.57. The van der Waals surface area contributed by atoms with Crippen molar-refractivity contribution in [3.05, 3.63) is 17.7 Å². The molecule has 0 bridgehead atoms. The van der Waals surface area contributed by atoms with Crippen molar-refractivity contribution in [1.29, 1.82) is 0 Å². The molecule has 1 aromatic carbocycles. The number of hydrogen-bond donors (Lipinski definition) is 0. The van der Waals surface area contributed by atoms with Gasteiger partial charge in [-0.15, -0.1) is 0 Å². The molecule has 0 aliphatic carbocycles. The molecule has 0 fully saturated rings. The number of rotatable bonds is 7. The van der Waals surface area contributed by atoms with Crippen molar-refractivity contribution in [2.75, 3.05) is 28.4 Å². The third kappa shape index (κ3) is 3.88. The molecule has 0 aliphatic rings. The first-order valence-corrected chi connectivity index (χ1v) is 7.68. The number of esters is 1. The van der Waals surface area contributed by atoms with Crippen molar-refractivity contribution in [1.82, 2.24) is 0 Å². The first-order chi connectivity index (χ1) is 9.57. The van der Waals surface area contributed by atoms with Crippen LogP contribution in [-0.2, 0) is 9.53 Å². The first kappa shape index (κ1) is 16.3. The predicted molar refractivity (Wildman–Crippen MR) is 73.0 cm³/mol. The minimum absolute atomic E-state index is 0.0962. The van der Waals surface area contributed by atoms with Crippen molar-refractivity contribution in [3.63, 3.8) is 0 Å². The summed E-state index contributed by atoms with van der Waals surface area (Å²) in [5.41, 5.74) is 0.420. The monoisotopic (exact) mass is 348 g/mol. The van der Waals surface area contributed by atoms with Crippen molar-refractivity contribution in [2.45, 2.75) is 5.32 Å². The second kappa shape index (κ2) is 7.77. The molecule has 110 valence electrons. The summed E-state index contributed by atoms with van der Waals surface area (Å²) in [7, 11) is 5.74. The minimum atomic E-state index is -0.530. The number of carbonyl (C=O) groups is 2. The standard InChI is InChI=1S/C13H16O6Se/c1-16-9-5-8(6-10(17-2)12(9)19-4)13(15)20-7-11(14)18-3/h5-6H,7H2,1-4H3. The summed E-state index contributed by atoms with van der Waals surface area (Å²) in [5, 5.41) is 0.0962. The van der Waals surface area contributed by atoms with Crippen LogP contribution in [0.25, 0.3) is 0 Å². The Balaban J connectivity index is 3.00. The van der Waals surface area contributed by atoms with Crippen LogP contribution in [0, 0.1) is 0 Å². The van der Waals surface area contributed by atoms with E-state index in [0.29, 0.717) is 22.8 Å². The van der Waals surface area contributed by atoms with E-state index >= 15 is 0 Å². The van der Waals surface area contributed by atoms with E-state index in [2.05, 4.69) is 4.74 Å². The van der Waals surface area contributed by atoms with Crippen LogP contribution >= 0.6 is 0 Å². The molecule has 0 saturated carbocycles. The summed E-state index contributed by atoms with van der Waals surface area (Å²) in [4.78, 5) is 23.1. The molecular formula is C13H16O6Se. The zero-order valence-corrected chi connectivity index (χ0v) is 13.4. The van der Waals surface area contributed by atoms with Crippen LogP contribution in [-0.4, -0.2) is 54.0 Å². The SMILES string of the molecule is COC(=O)C[Se]C(=O)c1cc(OC)c(OC)c(OC)c1. The molecule has 1 rings (SSSR count).